The highest BCUT2D eigenvalue weighted by atomic mass is 16.3. The Labute approximate surface area is 108 Å². The van der Waals surface area contributed by atoms with Crippen molar-refractivity contribution in [3.63, 3.8) is 0 Å². The van der Waals surface area contributed by atoms with Crippen LogP contribution in [0.1, 0.15) is 31.7 Å². The van der Waals surface area contributed by atoms with Crippen molar-refractivity contribution in [2.24, 2.45) is 0 Å². The Kier molecular flexibility index (Phi) is 4.02. The van der Waals surface area contributed by atoms with Crippen LogP contribution in [-0.2, 0) is 11.2 Å². The Balaban J connectivity index is 1.73. The second kappa shape index (κ2) is 5.53. The van der Waals surface area contributed by atoms with E-state index in [1.807, 2.05) is 18.2 Å². The lowest BCUT2D eigenvalue weighted by Crippen LogP contribution is -2.33. The molecule has 0 radical (unpaired) electrons. The van der Waals surface area contributed by atoms with Gasteiger partial charge in [0, 0.05) is 19.5 Å². The summed E-state index contributed by atoms with van der Waals surface area (Å²) in [6.45, 7) is 2.97. The summed E-state index contributed by atoms with van der Waals surface area (Å²) < 4.78 is 0. The number of β-amino-alcohol motifs (C(OH)–C–C–N with tert-alkyl or cyclic N) is 1. The number of benzene rings is 1. The average Bonchev–Trinajstić information content (AvgIpc) is 2.71. The molecule has 0 spiro atoms. The highest BCUT2D eigenvalue weighted by Gasteiger charge is 2.33. The molecule has 1 aliphatic rings. The van der Waals surface area contributed by atoms with Crippen molar-refractivity contribution in [3.05, 3.63) is 35.9 Å². The number of aryl methyl sites for hydroxylation is 1. The average molecular weight is 247 g/mol. The van der Waals surface area contributed by atoms with Crippen molar-refractivity contribution in [1.82, 2.24) is 4.90 Å². The normalized spacial score (nSPS) is 23.3. The van der Waals surface area contributed by atoms with Crippen LogP contribution >= 0.6 is 0 Å². The maximum Gasteiger partial charge on any atom is 0.222 e. The van der Waals surface area contributed by atoms with Gasteiger partial charge >= 0.3 is 0 Å². The minimum absolute atomic E-state index is 0.170. The van der Waals surface area contributed by atoms with Crippen molar-refractivity contribution >= 4 is 5.91 Å². The van der Waals surface area contributed by atoms with Gasteiger partial charge in [-0.25, -0.2) is 0 Å². The molecule has 0 saturated carbocycles. The van der Waals surface area contributed by atoms with Gasteiger partial charge in [0.2, 0.25) is 5.91 Å². The first kappa shape index (κ1) is 13.1. The van der Waals surface area contributed by atoms with Gasteiger partial charge < -0.3 is 10.0 Å². The fourth-order valence-corrected chi connectivity index (χ4v) is 2.40. The van der Waals surface area contributed by atoms with Crippen LogP contribution in [0, 0.1) is 0 Å². The summed E-state index contributed by atoms with van der Waals surface area (Å²) in [5.41, 5.74) is 0.591. The standard InChI is InChI=1S/C15H21NO2/c1-15(18)10-11-16(12-15)14(17)9-5-8-13-6-3-2-4-7-13/h2-4,6-7,18H,5,8-12H2,1H3. The fraction of sp³-hybridized carbons (Fsp3) is 0.533. The third kappa shape index (κ3) is 3.57. The molecule has 0 aromatic heterocycles. The zero-order chi connectivity index (χ0) is 13.0. The fourth-order valence-electron chi connectivity index (χ4n) is 2.40. The molecule has 1 unspecified atom stereocenters. The molecule has 2 rings (SSSR count). The Morgan fingerprint density at radius 2 is 2.11 bits per heavy atom. The molecule has 1 saturated heterocycles. The van der Waals surface area contributed by atoms with Crippen molar-refractivity contribution in [2.75, 3.05) is 13.1 Å². The molecule has 18 heavy (non-hydrogen) atoms. The molecule has 0 aliphatic carbocycles. The molecule has 1 aromatic carbocycles. The monoisotopic (exact) mass is 247 g/mol. The first-order chi connectivity index (χ1) is 8.57. The third-order valence-corrected chi connectivity index (χ3v) is 3.50. The van der Waals surface area contributed by atoms with E-state index in [1.165, 1.54) is 5.56 Å². The van der Waals surface area contributed by atoms with E-state index >= 15 is 0 Å². The number of likely N-dealkylation sites (tertiary alicyclic amines) is 1. The van der Waals surface area contributed by atoms with Gasteiger partial charge in [-0.1, -0.05) is 30.3 Å². The molecule has 3 heteroatoms. The SMILES string of the molecule is CC1(O)CCN(C(=O)CCCc2ccccc2)C1. The van der Waals surface area contributed by atoms with E-state index in [-0.39, 0.29) is 5.91 Å². The Bertz CT molecular complexity index is 400. The second-order valence-electron chi connectivity index (χ2n) is 5.40. The first-order valence-electron chi connectivity index (χ1n) is 6.61. The van der Waals surface area contributed by atoms with Crippen LogP contribution < -0.4 is 0 Å². The Morgan fingerprint density at radius 3 is 2.72 bits per heavy atom. The van der Waals surface area contributed by atoms with Gasteiger partial charge in [0.15, 0.2) is 0 Å². The minimum Gasteiger partial charge on any atom is -0.388 e. The predicted molar refractivity (Wildman–Crippen MR) is 71.2 cm³/mol. The Morgan fingerprint density at radius 1 is 1.39 bits per heavy atom. The van der Waals surface area contributed by atoms with Crippen LogP contribution in [0.25, 0.3) is 0 Å². The minimum atomic E-state index is -0.685. The molecule has 3 nitrogen and oxygen atoms in total. The molecule has 1 aliphatic heterocycles. The van der Waals surface area contributed by atoms with Gasteiger partial charge in [0.25, 0.3) is 0 Å². The zero-order valence-corrected chi connectivity index (χ0v) is 10.9. The van der Waals surface area contributed by atoms with Crippen molar-refractivity contribution in [2.45, 2.75) is 38.2 Å². The van der Waals surface area contributed by atoms with Crippen molar-refractivity contribution < 1.29 is 9.90 Å². The summed E-state index contributed by atoms with van der Waals surface area (Å²) in [6, 6.07) is 10.2. The number of hydrogen-bond acceptors (Lipinski definition) is 2. The Hall–Kier alpha value is -1.35. The highest BCUT2D eigenvalue weighted by molar-refractivity contribution is 5.76. The smallest absolute Gasteiger partial charge is 0.222 e. The molecule has 1 fully saturated rings. The van der Waals surface area contributed by atoms with Crippen LogP contribution in [0.3, 0.4) is 0 Å². The predicted octanol–water partition coefficient (Wildman–Crippen LogP) is 1.99. The lowest BCUT2D eigenvalue weighted by molar-refractivity contribution is -0.131. The summed E-state index contributed by atoms with van der Waals surface area (Å²) >= 11 is 0. The molecule has 1 aromatic rings. The maximum absolute atomic E-state index is 11.9. The van der Waals surface area contributed by atoms with Crippen LogP contribution in [0.5, 0.6) is 0 Å². The van der Waals surface area contributed by atoms with E-state index in [0.29, 0.717) is 25.9 Å². The van der Waals surface area contributed by atoms with Gasteiger partial charge in [-0.2, -0.15) is 0 Å². The van der Waals surface area contributed by atoms with Crippen LogP contribution in [0.4, 0.5) is 0 Å². The van der Waals surface area contributed by atoms with E-state index in [9.17, 15) is 9.90 Å². The molecule has 98 valence electrons. The quantitative estimate of drug-likeness (QED) is 0.884. The van der Waals surface area contributed by atoms with E-state index in [2.05, 4.69) is 12.1 Å². The summed E-state index contributed by atoms with van der Waals surface area (Å²) in [6.07, 6.45) is 3.08. The summed E-state index contributed by atoms with van der Waals surface area (Å²) in [7, 11) is 0. The van der Waals surface area contributed by atoms with Gasteiger partial charge in [-0.15, -0.1) is 0 Å². The largest absolute Gasteiger partial charge is 0.388 e. The lowest BCUT2D eigenvalue weighted by Gasteiger charge is -2.18. The number of rotatable bonds is 4. The molecule has 1 atom stereocenters. The maximum atomic E-state index is 11.9. The number of aliphatic hydroxyl groups is 1. The summed E-state index contributed by atoms with van der Waals surface area (Å²) in [5.74, 6) is 0.170. The van der Waals surface area contributed by atoms with Gasteiger partial charge in [-0.05, 0) is 31.7 Å². The van der Waals surface area contributed by atoms with E-state index in [4.69, 9.17) is 0 Å². The number of carbonyl (C=O) groups excluding carboxylic acids is 1. The van der Waals surface area contributed by atoms with E-state index in [1.54, 1.807) is 11.8 Å². The van der Waals surface area contributed by atoms with E-state index < -0.39 is 5.60 Å². The van der Waals surface area contributed by atoms with Crippen LogP contribution in [-0.4, -0.2) is 34.6 Å². The molecular weight excluding hydrogens is 226 g/mol. The summed E-state index contributed by atoms with van der Waals surface area (Å²) in [4.78, 5) is 13.7. The highest BCUT2D eigenvalue weighted by Crippen LogP contribution is 2.21. The molecule has 1 amide bonds. The van der Waals surface area contributed by atoms with Crippen molar-refractivity contribution in [3.8, 4) is 0 Å². The summed E-state index contributed by atoms with van der Waals surface area (Å²) in [5, 5.41) is 9.82. The van der Waals surface area contributed by atoms with Crippen LogP contribution in [0.15, 0.2) is 30.3 Å². The molecule has 0 bridgehead atoms. The number of hydrogen-bond donors (Lipinski definition) is 1. The van der Waals surface area contributed by atoms with Gasteiger partial charge in [0.1, 0.15) is 0 Å². The zero-order valence-electron chi connectivity index (χ0n) is 10.9. The van der Waals surface area contributed by atoms with E-state index in [0.717, 1.165) is 12.8 Å². The van der Waals surface area contributed by atoms with Crippen molar-refractivity contribution in [1.29, 1.82) is 0 Å². The topological polar surface area (TPSA) is 40.5 Å². The van der Waals surface area contributed by atoms with Gasteiger partial charge in [0.05, 0.1) is 5.60 Å². The van der Waals surface area contributed by atoms with Gasteiger partial charge in [-0.3, -0.25) is 4.79 Å². The second-order valence-corrected chi connectivity index (χ2v) is 5.40. The van der Waals surface area contributed by atoms with Crippen LogP contribution in [0.2, 0.25) is 0 Å². The molecular formula is C15H21NO2. The third-order valence-electron chi connectivity index (χ3n) is 3.50. The first-order valence-corrected chi connectivity index (χ1v) is 6.61. The number of carbonyl (C=O) groups is 1. The molecule has 1 heterocycles. The lowest BCUT2D eigenvalue weighted by atomic mass is 10.1. The number of amides is 1. The molecule has 1 N–H and O–H groups in total. The number of nitrogens with zero attached hydrogens (tertiary/aromatic N) is 1.